The monoisotopic (exact) mass is 184 g/mol. The molecule has 0 aromatic heterocycles. The third-order valence-corrected chi connectivity index (χ3v) is 2.28. The largest absolute Gasteiger partial charge is 0.303 e. The molecule has 0 aromatic carbocycles. The van der Waals surface area contributed by atoms with Crippen molar-refractivity contribution in [1.29, 1.82) is 0 Å². The molecule has 0 N–H and O–H groups in total. The van der Waals surface area contributed by atoms with Crippen LogP contribution in [0, 0.1) is 5.41 Å². The first-order valence-corrected chi connectivity index (χ1v) is 5.13. The molecule has 5 heteroatoms. The first-order chi connectivity index (χ1) is 4.27. The summed E-state index contributed by atoms with van der Waals surface area (Å²) in [5.41, 5.74) is -0.874. The first-order valence-electron chi connectivity index (χ1n) is 2.65. The minimum absolute atomic E-state index is 0.314. The summed E-state index contributed by atoms with van der Waals surface area (Å²) < 4.78 is 20.8. The molecule has 0 unspecified atom stereocenters. The van der Waals surface area contributed by atoms with Crippen LogP contribution in [-0.4, -0.2) is 20.5 Å². The highest BCUT2D eigenvalue weighted by atomic mass is 35.7. The van der Waals surface area contributed by atoms with Gasteiger partial charge in [0.1, 0.15) is 6.29 Å². The molecule has 0 aliphatic carbocycles. The smallest absolute Gasteiger partial charge is 0.233 e. The maximum absolute atomic E-state index is 10.4. The van der Waals surface area contributed by atoms with Gasteiger partial charge in [0.05, 0.1) is 5.75 Å². The summed E-state index contributed by atoms with van der Waals surface area (Å²) in [6.45, 7) is 3.03. The second kappa shape index (κ2) is 2.88. The van der Waals surface area contributed by atoms with Gasteiger partial charge in [0, 0.05) is 16.1 Å². The van der Waals surface area contributed by atoms with Crippen LogP contribution in [0.5, 0.6) is 0 Å². The van der Waals surface area contributed by atoms with Crippen molar-refractivity contribution in [2.75, 3.05) is 5.75 Å². The molecule has 0 aliphatic rings. The third-order valence-electron chi connectivity index (χ3n) is 0.863. The van der Waals surface area contributed by atoms with E-state index in [0.717, 1.165) is 0 Å². The summed E-state index contributed by atoms with van der Waals surface area (Å²) in [6.07, 6.45) is 0.576. The van der Waals surface area contributed by atoms with Gasteiger partial charge < -0.3 is 4.79 Å². The Morgan fingerprint density at radius 3 is 2.00 bits per heavy atom. The molecule has 0 radical (unpaired) electrons. The van der Waals surface area contributed by atoms with E-state index in [2.05, 4.69) is 0 Å². The van der Waals surface area contributed by atoms with E-state index in [-0.39, 0.29) is 5.75 Å². The molecule has 0 rings (SSSR count). The SMILES string of the molecule is CC(C)(C=O)CS(=O)(=O)Cl. The predicted molar refractivity (Wildman–Crippen MR) is 39.5 cm³/mol. The van der Waals surface area contributed by atoms with Crippen molar-refractivity contribution in [3.8, 4) is 0 Å². The third kappa shape index (κ3) is 4.76. The van der Waals surface area contributed by atoms with Gasteiger partial charge in [-0.3, -0.25) is 0 Å². The zero-order valence-electron chi connectivity index (χ0n) is 5.80. The number of carbonyl (C=O) groups excluding carboxylic acids is 1. The summed E-state index contributed by atoms with van der Waals surface area (Å²) in [5.74, 6) is -0.314. The van der Waals surface area contributed by atoms with Gasteiger partial charge in [-0.05, 0) is 0 Å². The second-order valence-electron chi connectivity index (χ2n) is 2.79. The summed E-state index contributed by atoms with van der Waals surface area (Å²) in [6, 6.07) is 0. The Morgan fingerprint density at radius 1 is 1.50 bits per heavy atom. The topological polar surface area (TPSA) is 51.2 Å². The van der Waals surface area contributed by atoms with Gasteiger partial charge in [-0.1, -0.05) is 13.8 Å². The first kappa shape index (κ1) is 9.91. The highest BCUT2D eigenvalue weighted by Gasteiger charge is 2.23. The lowest BCUT2D eigenvalue weighted by atomic mass is 10.00. The van der Waals surface area contributed by atoms with Crippen molar-refractivity contribution in [3.05, 3.63) is 0 Å². The lowest BCUT2D eigenvalue weighted by Crippen LogP contribution is -2.22. The van der Waals surface area contributed by atoms with Crippen LogP contribution in [0.1, 0.15) is 13.8 Å². The van der Waals surface area contributed by atoms with Crippen molar-refractivity contribution in [2.45, 2.75) is 13.8 Å². The van der Waals surface area contributed by atoms with Gasteiger partial charge in [-0.15, -0.1) is 0 Å². The number of carbonyl (C=O) groups is 1. The van der Waals surface area contributed by atoms with Gasteiger partial charge in [0.2, 0.25) is 9.05 Å². The van der Waals surface area contributed by atoms with E-state index in [9.17, 15) is 13.2 Å². The van der Waals surface area contributed by atoms with Crippen molar-refractivity contribution in [1.82, 2.24) is 0 Å². The minimum Gasteiger partial charge on any atom is -0.303 e. The number of rotatable bonds is 3. The molecule has 0 spiro atoms. The fourth-order valence-corrected chi connectivity index (χ4v) is 2.28. The number of aldehydes is 1. The van der Waals surface area contributed by atoms with Gasteiger partial charge in [0.15, 0.2) is 0 Å². The van der Waals surface area contributed by atoms with Crippen LogP contribution in [0.4, 0.5) is 0 Å². The Bertz CT molecular complexity index is 217. The summed E-state index contributed by atoms with van der Waals surface area (Å²) in [4.78, 5) is 10.2. The average Bonchev–Trinajstić information content (AvgIpc) is 1.60. The van der Waals surface area contributed by atoms with E-state index in [1.807, 2.05) is 0 Å². The molecule has 10 heavy (non-hydrogen) atoms. The van der Waals surface area contributed by atoms with Gasteiger partial charge >= 0.3 is 0 Å². The zero-order valence-corrected chi connectivity index (χ0v) is 7.37. The maximum Gasteiger partial charge on any atom is 0.233 e. The van der Waals surface area contributed by atoms with E-state index < -0.39 is 14.5 Å². The quantitative estimate of drug-likeness (QED) is 0.481. The van der Waals surface area contributed by atoms with Crippen molar-refractivity contribution in [2.24, 2.45) is 5.41 Å². The van der Waals surface area contributed by atoms with Crippen LogP contribution < -0.4 is 0 Å². The van der Waals surface area contributed by atoms with Crippen LogP contribution in [0.15, 0.2) is 0 Å². The lowest BCUT2D eigenvalue weighted by Gasteiger charge is -2.12. The molecule has 0 amide bonds. The molecule has 0 saturated carbocycles. The molecule has 0 fully saturated rings. The highest BCUT2D eigenvalue weighted by molar-refractivity contribution is 8.13. The van der Waals surface area contributed by atoms with Crippen LogP contribution >= 0.6 is 10.7 Å². The molecule has 60 valence electrons. The summed E-state index contributed by atoms with van der Waals surface area (Å²) >= 11 is 0. The number of hydrogen-bond acceptors (Lipinski definition) is 3. The normalized spacial score (nSPS) is 13.1. The van der Waals surface area contributed by atoms with Crippen LogP contribution in [-0.2, 0) is 13.8 Å². The molecule has 0 saturated heterocycles. The van der Waals surface area contributed by atoms with Crippen LogP contribution in [0.2, 0.25) is 0 Å². The fourth-order valence-electron chi connectivity index (χ4n) is 0.478. The Balaban J connectivity index is 4.30. The standard InChI is InChI=1S/C5H9ClO3S/c1-5(2,3-7)4-10(6,8)9/h3H,4H2,1-2H3. The van der Waals surface area contributed by atoms with E-state index in [1.54, 1.807) is 0 Å². The molecular weight excluding hydrogens is 176 g/mol. The Morgan fingerprint density at radius 2 is 1.90 bits per heavy atom. The Kier molecular flexibility index (Phi) is 2.86. The van der Waals surface area contributed by atoms with Crippen molar-refractivity contribution < 1.29 is 13.2 Å². The molecule has 0 aromatic rings. The lowest BCUT2D eigenvalue weighted by molar-refractivity contribution is -0.113. The van der Waals surface area contributed by atoms with E-state index in [1.165, 1.54) is 13.8 Å². The summed E-state index contributed by atoms with van der Waals surface area (Å²) in [7, 11) is 1.36. The molecule has 0 bridgehead atoms. The van der Waals surface area contributed by atoms with Crippen LogP contribution in [0.25, 0.3) is 0 Å². The van der Waals surface area contributed by atoms with Crippen LogP contribution in [0.3, 0.4) is 0 Å². The molecule has 0 aliphatic heterocycles. The summed E-state index contributed by atoms with van der Waals surface area (Å²) in [5, 5.41) is 0. The van der Waals surface area contributed by atoms with Gasteiger partial charge in [-0.2, -0.15) is 0 Å². The molecular formula is C5H9ClO3S. The molecule has 3 nitrogen and oxygen atoms in total. The number of halogens is 1. The molecule has 0 heterocycles. The van der Waals surface area contributed by atoms with Gasteiger partial charge in [0.25, 0.3) is 0 Å². The highest BCUT2D eigenvalue weighted by Crippen LogP contribution is 2.16. The van der Waals surface area contributed by atoms with Gasteiger partial charge in [-0.25, -0.2) is 8.42 Å². The Labute approximate surface area is 64.8 Å². The average molecular weight is 185 g/mol. The van der Waals surface area contributed by atoms with E-state index >= 15 is 0 Å². The minimum atomic E-state index is -3.55. The second-order valence-corrected chi connectivity index (χ2v) is 5.57. The Hall–Kier alpha value is -0.0900. The zero-order chi connectivity index (χ0) is 8.41. The van der Waals surface area contributed by atoms with Crippen molar-refractivity contribution >= 4 is 26.0 Å². The van der Waals surface area contributed by atoms with E-state index in [0.29, 0.717) is 6.29 Å². The number of hydrogen-bond donors (Lipinski definition) is 0. The van der Waals surface area contributed by atoms with E-state index in [4.69, 9.17) is 10.7 Å². The molecule has 0 atom stereocenters. The maximum atomic E-state index is 10.4. The van der Waals surface area contributed by atoms with Crippen molar-refractivity contribution in [3.63, 3.8) is 0 Å². The predicted octanol–water partition coefficient (Wildman–Crippen LogP) is 0.780. The fraction of sp³-hybridized carbons (Fsp3) is 0.800.